The first-order chi connectivity index (χ1) is 17.1. The summed E-state index contributed by atoms with van der Waals surface area (Å²) in [6.07, 6.45) is 2.63. The lowest BCUT2D eigenvalue weighted by Crippen LogP contribution is -2.13. The molecule has 0 aliphatic rings. The number of carboxylic acids is 2. The smallest absolute Gasteiger partial charge is 0.346 e. The standard InChI is InChI=1S/C29H23N3O4/c1-18-12-19(2)27(20(3)13-18)32(25-8-4-21(5-9-25)14-23(16-30)28(33)34)26-10-6-22(7-11-26)15-24(17-31)29(35)36/h4-15H,1-3H3,(H,33,34)(H,35,36)/b23-14-,24-15+. The molecule has 0 radical (unpaired) electrons. The summed E-state index contributed by atoms with van der Waals surface area (Å²) in [5, 5.41) is 36.3. The lowest BCUT2D eigenvalue weighted by Gasteiger charge is -2.29. The Morgan fingerprint density at radius 3 is 1.39 bits per heavy atom. The van der Waals surface area contributed by atoms with Crippen molar-refractivity contribution >= 4 is 41.2 Å². The van der Waals surface area contributed by atoms with Crippen LogP contribution >= 0.6 is 0 Å². The van der Waals surface area contributed by atoms with Crippen molar-refractivity contribution in [1.29, 1.82) is 10.5 Å². The summed E-state index contributed by atoms with van der Waals surface area (Å²) in [4.78, 5) is 24.4. The van der Waals surface area contributed by atoms with Crippen molar-refractivity contribution in [2.45, 2.75) is 20.8 Å². The Balaban J connectivity index is 2.13. The molecule has 0 saturated heterocycles. The molecule has 0 unspecified atom stereocenters. The quantitative estimate of drug-likeness (QED) is 0.313. The largest absolute Gasteiger partial charge is 0.477 e. The molecule has 0 heterocycles. The van der Waals surface area contributed by atoms with E-state index in [0.717, 1.165) is 33.8 Å². The molecule has 0 bridgehead atoms. The molecule has 0 spiro atoms. The van der Waals surface area contributed by atoms with E-state index in [1.807, 2.05) is 45.0 Å². The van der Waals surface area contributed by atoms with Crippen molar-refractivity contribution in [2.75, 3.05) is 4.90 Å². The minimum Gasteiger partial charge on any atom is -0.477 e. The van der Waals surface area contributed by atoms with Crippen LogP contribution < -0.4 is 4.90 Å². The van der Waals surface area contributed by atoms with Crippen molar-refractivity contribution in [3.8, 4) is 12.1 Å². The zero-order valence-corrected chi connectivity index (χ0v) is 20.0. The van der Waals surface area contributed by atoms with Crippen LogP contribution in [0.2, 0.25) is 0 Å². The highest BCUT2D eigenvalue weighted by Gasteiger charge is 2.18. The normalized spacial score (nSPS) is 11.4. The van der Waals surface area contributed by atoms with Gasteiger partial charge in [0, 0.05) is 11.4 Å². The number of anilines is 3. The first-order valence-corrected chi connectivity index (χ1v) is 10.9. The number of nitrogens with zero attached hydrogens (tertiary/aromatic N) is 3. The average Bonchev–Trinajstić information content (AvgIpc) is 2.83. The van der Waals surface area contributed by atoms with E-state index in [9.17, 15) is 9.59 Å². The Hall–Kier alpha value is -5.14. The van der Waals surface area contributed by atoms with Crippen molar-refractivity contribution in [3.05, 3.63) is 99.6 Å². The number of aliphatic carboxylic acids is 2. The van der Waals surface area contributed by atoms with Gasteiger partial charge >= 0.3 is 11.9 Å². The van der Waals surface area contributed by atoms with E-state index in [-0.39, 0.29) is 11.1 Å². The van der Waals surface area contributed by atoms with Gasteiger partial charge in [-0.15, -0.1) is 0 Å². The SMILES string of the molecule is Cc1cc(C)c(N(c2ccc(/C=C(/C#N)C(=O)O)cc2)c2ccc(/C=C(\C#N)C(=O)O)cc2)c(C)c1. The van der Waals surface area contributed by atoms with E-state index in [1.165, 1.54) is 12.2 Å². The van der Waals surface area contributed by atoms with Gasteiger partial charge in [-0.3, -0.25) is 0 Å². The Bertz CT molecular complexity index is 1360. The molecule has 0 saturated carbocycles. The summed E-state index contributed by atoms with van der Waals surface area (Å²) in [5.74, 6) is -2.57. The summed E-state index contributed by atoms with van der Waals surface area (Å²) in [6, 6.07) is 21.9. The fourth-order valence-electron chi connectivity index (χ4n) is 3.99. The monoisotopic (exact) mass is 477 g/mol. The number of nitriles is 2. The third-order valence-electron chi connectivity index (χ3n) is 5.49. The lowest BCUT2D eigenvalue weighted by molar-refractivity contribution is -0.133. The van der Waals surface area contributed by atoms with Crippen LogP contribution in [-0.2, 0) is 9.59 Å². The maximum absolute atomic E-state index is 11.2. The van der Waals surface area contributed by atoms with E-state index in [1.54, 1.807) is 36.4 Å². The molecule has 3 aromatic carbocycles. The molecule has 0 fully saturated rings. The molecule has 3 rings (SSSR count). The Morgan fingerprint density at radius 1 is 0.722 bits per heavy atom. The lowest BCUT2D eigenvalue weighted by atomic mass is 10.0. The molecule has 0 atom stereocenters. The highest BCUT2D eigenvalue weighted by molar-refractivity contribution is 5.97. The molecule has 3 aromatic rings. The van der Waals surface area contributed by atoms with E-state index in [0.29, 0.717) is 11.1 Å². The van der Waals surface area contributed by atoms with E-state index < -0.39 is 11.9 Å². The number of carbonyl (C=O) groups is 2. The fraction of sp³-hybridized carbons (Fsp3) is 0.103. The molecule has 7 heteroatoms. The minimum atomic E-state index is -1.29. The van der Waals surface area contributed by atoms with Gasteiger partial charge in [0.15, 0.2) is 0 Å². The molecule has 0 amide bonds. The van der Waals surface area contributed by atoms with Gasteiger partial charge in [0.05, 0.1) is 5.69 Å². The second kappa shape index (κ2) is 10.9. The molecule has 0 aliphatic carbocycles. The maximum atomic E-state index is 11.2. The second-order valence-electron chi connectivity index (χ2n) is 8.22. The minimum absolute atomic E-state index is 0.355. The van der Waals surface area contributed by atoms with Crippen LogP contribution in [0.1, 0.15) is 27.8 Å². The number of benzene rings is 3. The Labute approximate surface area is 209 Å². The molecule has 0 aliphatic heterocycles. The molecule has 2 N–H and O–H groups in total. The highest BCUT2D eigenvalue weighted by atomic mass is 16.4. The van der Waals surface area contributed by atoms with Gasteiger partial charge in [-0.25, -0.2) is 9.59 Å². The van der Waals surface area contributed by atoms with Gasteiger partial charge in [-0.05, 0) is 79.4 Å². The van der Waals surface area contributed by atoms with Crippen molar-refractivity contribution < 1.29 is 19.8 Å². The van der Waals surface area contributed by atoms with Gasteiger partial charge in [-0.1, -0.05) is 42.0 Å². The maximum Gasteiger partial charge on any atom is 0.346 e. The van der Waals surface area contributed by atoms with Crippen molar-refractivity contribution in [1.82, 2.24) is 0 Å². The van der Waals surface area contributed by atoms with Gasteiger partial charge in [0.25, 0.3) is 0 Å². The predicted molar refractivity (Wildman–Crippen MR) is 138 cm³/mol. The first-order valence-electron chi connectivity index (χ1n) is 10.9. The first kappa shape index (κ1) is 25.5. The molecular weight excluding hydrogens is 454 g/mol. The van der Waals surface area contributed by atoms with Gasteiger partial charge in [0.2, 0.25) is 0 Å². The van der Waals surface area contributed by atoms with Crippen LogP contribution in [0.25, 0.3) is 12.2 Å². The summed E-state index contributed by atoms with van der Waals surface area (Å²) < 4.78 is 0. The number of hydrogen-bond donors (Lipinski definition) is 2. The van der Waals surface area contributed by atoms with E-state index >= 15 is 0 Å². The highest BCUT2D eigenvalue weighted by Crippen LogP contribution is 2.39. The van der Waals surface area contributed by atoms with Crippen LogP contribution in [0.15, 0.2) is 71.8 Å². The third-order valence-corrected chi connectivity index (χ3v) is 5.49. The van der Waals surface area contributed by atoms with Gasteiger partial charge in [-0.2, -0.15) is 10.5 Å². The molecule has 36 heavy (non-hydrogen) atoms. The summed E-state index contributed by atoms with van der Waals surface area (Å²) in [6.45, 7) is 6.07. The van der Waals surface area contributed by atoms with E-state index in [4.69, 9.17) is 20.7 Å². The summed E-state index contributed by atoms with van der Waals surface area (Å²) in [5.41, 5.74) is 6.26. The molecule has 0 aromatic heterocycles. The summed E-state index contributed by atoms with van der Waals surface area (Å²) >= 11 is 0. The molecule has 178 valence electrons. The number of hydrogen-bond acceptors (Lipinski definition) is 5. The molecule has 7 nitrogen and oxygen atoms in total. The zero-order chi connectivity index (χ0) is 26.4. The van der Waals surface area contributed by atoms with Crippen LogP contribution in [-0.4, -0.2) is 22.2 Å². The summed E-state index contributed by atoms with van der Waals surface area (Å²) in [7, 11) is 0. The van der Waals surface area contributed by atoms with Gasteiger partial charge in [0.1, 0.15) is 23.3 Å². The zero-order valence-electron chi connectivity index (χ0n) is 20.0. The molecular formula is C29H23N3O4. The topological polar surface area (TPSA) is 125 Å². The predicted octanol–water partition coefficient (Wildman–Crippen LogP) is 6.06. The van der Waals surface area contributed by atoms with Crippen LogP contribution in [0.4, 0.5) is 17.1 Å². The van der Waals surface area contributed by atoms with E-state index in [2.05, 4.69) is 17.0 Å². The van der Waals surface area contributed by atoms with Crippen LogP contribution in [0.5, 0.6) is 0 Å². The number of aryl methyl sites for hydroxylation is 3. The second-order valence-corrected chi connectivity index (χ2v) is 8.22. The van der Waals surface area contributed by atoms with Crippen molar-refractivity contribution in [3.63, 3.8) is 0 Å². The third kappa shape index (κ3) is 5.67. The average molecular weight is 478 g/mol. The number of rotatable bonds is 7. The van der Waals surface area contributed by atoms with Crippen LogP contribution in [0, 0.1) is 43.4 Å². The van der Waals surface area contributed by atoms with Gasteiger partial charge < -0.3 is 15.1 Å². The fourth-order valence-corrected chi connectivity index (χ4v) is 3.99. The Kier molecular flexibility index (Phi) is 7.69. The van der Waals surface area contributed by atoms with Crippen molar-refractivity contribution in [2.24, 2.45) is 0 Å². The number of carboxylic acid groups (broad SMARTS) is 2. The van der Waals surface area contributed by atoms with Crippen LogP contribution in [0.3, 0.4) is 0 Å². The Morgan fingerprint density at radius 2 is 1.08 bits per heavy atom.